The van der Waals surface area contributed by atoms with Crippen LogP contribution >= 0.6 is 0 Å². The largest absolute Gasteiger partial charge is 0.481 e. The summed E-state index contributed by atoms with van der Waals surface area (Å²) in [5, 5.41) is 20.6. The van der Waals surface area contributed by atoms with Crippen LogP contribution in [0.15, 0.2) is 6.07 Å². The summed E-state index contributed by atoms with van der Waals surface area (Å²) in [6.45, 7) is 7.48. The number of nitro benzene ring substituents is 1. The molecule has 1 aromatic rings. The molecule has 2 rings (SSSR count). The molecule has 0 aliphatic carbocycles. The summed E-state index contributed by atoms with van der Waals surface area (Å²) in [5.74, 6) is -1.77. The monoisotopic (exact) mass is 334 g/mol. The lowest BCUT2D eigenvalue weighted by Gasteiger charge is -2.35. The number of piperidine rings is 1. The van der Waals surface area contributed by atoms with Gasteiger partial charge in [-0.2, -0.15) is 0 Å². The Balaban J connectivity index is 2.44. The number of amides is 1. The SMILES string of the molecule is Cc1cc(C)c([N+](=O)[O-])c(C)c1C(=O)N1CC(C)CC(C(=O)O)C1. The highest BCUT2D eigenvalue weighted by molar-refractivity contribution is 5.98. The molecule has 2 unspecified atom stereocenters. The van der Waals surface area contributed by atoms with Crippen LogP contribution in [0.4, 0.5) is 5.69 Å². The number of nitrogens with zero attached hydrogens (tertiary/aromatic N) is 2. The highest BCUT2D eigenvalue weighted by atomic mass is 16.6. The second-order valence-corrected chi connectivity index (χ2v) is 6.70. The Hall–Kier alpha value is -2.44. The maximum Gasteiger partial charge on any atom is 0.308 e. The van der Waals surface area contributed by atoms with Gasteiger partial charge in [0.1, 0.15) is 0 Å². The number of carboxylic acid groups (broad SMARTS) is 1. The summed E-state index contributed by atoms with van der Waals surface area (Å²) in [7, 11) is 0. The van der Waals surface area contributed by atoms with Crippen LogP contribution in [-0.4, -0.2) is 39.9 Å². The van der Waals surface area contributed by atoms with E-state index in [1.807, 2.05) is 6.92 Å². The van der Waals surface area contributed by atoms with E-state index in [2.05, 4.69) is 0 Å². The molecule has 0 spiro atoms. The van der Waals surface area contributed by atoms with Gasteiger partial charge in [0.05, 0.1) is 16.4 Å². The van der Waals surface area contributed by atoms with E-state index in [9.17, 15) is 24.8 Å². The van der Waals surface area contributed by atoms with Gasteiger partial charge in [-0.3, -0.25) is 19.7 Å². The Morgan fingerprint density at radius 2 is 1.88 bits per heavy atom. The molecule has 1 aliphatic heterocycles. The predicted molar refractivity (Wildman–Crippen MR) is 88.1 cm³/mol. The van der Waals surface area contributed by atoms with Gasteiger partial charge in [-0.25, -0.2) is 0 Å². The van der Waals surface area contributed by atoms with Gasteiger partial charge in [0.25, 0.3) is 11.6 Å². The fraction of sp³-hybridized carbons (Fsp3) is 0.529. The van der Waals surface area contributed by atoms with Crippen LogP contribution < -0.4 is 0 Å². The van der Waals surface area contributed by atoms with Crippen LogP contribution in [0.5, 0.6) is 0 Å². The number of likely N-dealkylation sites (tertiary alicyclic amines) is 1. The third kappa shape index (κ3) is 3.25. The number of aliphatic carboxylic acids is 1. The molecule has 7 heteroatoms. The number of carboxylic acids is 1. The third-order valence-electron chi connectivity index (χ3n) is 4.62. The van der Waals surface area contributed by atoms with Gasteiger partial charge < -0.3 is 10.0 Å². The number of benzene rings is 1. The molecule has 1 amide bonds. The third-order valence-corrected chi connectivity index (χ3v) is 4.62. The predicted octanol–water partition coefficient (Wildman–Crippen LogP) is 2.70. The smallest absolute Gasteiger partial charge is 0.308 e. The van der Waals surface area contributed by atoms with Crippen LogP contribution in [0.25, 0.3) is 0 Å². The van der Waals surface area contributed by atoms with E-state index in [1.165, 1.54) is 4.90 Å². The van der Waals surface area contributed by atoms with Crippen molar-refractivity contribution in [1.29, 1.82) is 0 Å². The molecule has 0 radical (unpaired) electrons. The first-order valence-corrected chi connectivity index (χ1v) is 7.90. The molecule has 1 aliphatic rings. The molecule has 1 aromatic carbocycles. The number of hydrogen-bond donors (Lipinski definition) is 1. The van der Waals surface area contributed by atoms with Gasteiger partial charge in [-0.15, -0.1) is 0 Å². The lowest BCUT2D eigenvalue weighted by atomic mass is 9.89. The van der Waals surface area contributed by atoms with Crippen molar-refractivity contribution in [3.05, 3.63) is 38.4 Å². The van der Waals surface area contributed by atoms with E-state index in [-0.39, 0.29) is 24.1 Å². The van der Waals surface area contributed by atoms with Crippen molar-refractivity contribution in [2.24, 2.45) is 11.8 Å². The first-order valence-electron chi connectivity index (χ1n) is 7.90. The van der Waals surface area contributed by atoms with Gasteiger partial charge in [0.15, 0.2) is 0 Å². The van der Waals surface area contributed by atoms with Crippen LogP contribution in [-0.2, 0) is 4.79 Å². The number of hydrogen-bond acceptors (Lipinski definition) is 4. The van der Waals surface area contributed by atoms with E-state index in [0.717, 1.165) is 0 Å². The molecule has 1 saturated heterocycles. The minimum atomic E-state index is -0.914. The summed E-state index contributed by atoms with van der Waals surface area (Å²) < 4.78 is 0. The van der Waals surface area contributed by atoms with Crippen LogP contribution in [0.2, 0.25) is 0 Å². The lowest BCUT2D eigenvalue weighted by molar-refractivity contribution is -0.386. The van der Waals surface area contributed by atoms with E-state index in [0.29, 0.717) is 35.2 Å². The number of carbonyl (C=O) groups excluding carboxylic acids is 1. The maximum absolute atomic E-state index is 13.0. The molecule has 1 heterocycles. The topological polar surface area (TPSA) is 101 Å². The minimum absolute atomic E-state index is 0.0520. The highest BCUT2D eigenvalue weighted by Crippen LogP contribution is 2.31. The molecule has 0 saturated carbocycles. The molecule has 2 atom stereocenters. The van der Waals surface area contributed by atoms with Gasteiger partial charge in [0.2, 0.25) is 0 Å². The maximum atomic E-state index is 13.0. The second-order valence-electron chi connectivity index (χ2n) is 6.70. The van der Waals surface area contributed by atoms with Crippen molar-refractivity contribution in [2.45, 2.75) is 34.1 Å². The summed E-state index contributed by atoms with van der Waals surface area (Å²) in [6, 6.07) is 1.64. The standard InChI is InChI=1S/C17H22N2O5/c1-9-5-13(17(21)22)8-18(7-9)16(20)14-10(2)6-11(3)15(12(14)4)19(23)24/h6,9,13H,5,7-8H2,1-4H3,(H,21,22). The molecule has 0 bridgehead atoms. The zero-order valence-corrected chi connectivity index (χ0v) is 14.3. The molecular formula is C17H22N2O5. The summed E-state index contributed by atoms with van der Waals surface area (Å²) in [5.41, 5.74) is 1.79. The summed E-state index contributed by atoms with van der Waals surface area (Å²) in [4.78, 5) is 36.6. The molecule has 24 heavy (non-hydrogen) atoms. The quantitative estimate of drug-likeness (QED) is 0.676. The van der Waals surface area contributed by atoms with Crippen molar-refractivity contribution in [3.8, 4) is 0 Å². The molecular weight excluding hydrogens is 312 g/mol. The molecule has 1 fully saturated rings. The first-order chi connectivity index (χ1) is 11.1. The Morgan fingerprint density at radius 3 is 2.42 bits per heavy atom. The average Bonchev–Trinajstić information content (AvgIpc) is 2.45. The van der Waals surface area contributed by atoms with Crippen LogP contribution in [0.1, 0.15) is 40.4 Å². The van der Waals surface area contributed by atoms with Gasteiger partial charge in [0, 0.05) is 24.2 Å². The van der Waals surface area contributed by atoms with Crippen molar-refractivity contribution < 1.29 is 19.6 Å². The van der Waals surface area contributed by atoms with Crippen molar-refractivity contribution >= 4 is 17.6 Å². The van der Waals surface area contributed by atoms with Gasteiger partial charge >= 0.3 is 5.97 Å². The van der Waals surface area contributed by atoms with E-state index in [1.54, 1.807) is 26.8 Å². The zero-order valence-electron chi connectivity index (χ0n) is 14.3. The zero-order chi connectivity index (χ0) is 18.2. The molecule has 7 nitrogen and oxygen atoms in total. The van der Waals surface area contributed by atoms with Gasteiger partial charge in [-0.1, -0.05) is 6.92 Å². The van der Waals surface area contributed by atoms with Crippen molar-refractivity contribution in [1.82, 2.24) is 4.90 Å². The van der Waals surface area contributed by atoms with E-state index in [4.69, 9.17) is 0 Å². The average molecular weight is 334 g/mol. The van der Waals surface area contributed by atoms with Crippen molar-refractivity contribution in [3.63, 3.8) is 0 Å². The number of rotatable bonds is 3. The normalized spacial score (nSPS) is 20.8. The lowest BCUT2D eigenvalue weighted by Crippen LogP contribution is -2.46. The van der Waals surface area contributed by atoms with E-state index >= 15 is 0 Å². The highest BCUT2D eigenvalue weighted by Gasteiger charge is 2.34. The molecule has 130 valence electrons. The fourth-order valence-electron chi connectivity index (χ4n) is 3.64. The Labute approximate surface area is 140 Å². The van der Waals surface area contributed by atoms with Crippen LogP contribution in [0, 0.1) is 42.7 Å². The fourth-order valence-corrected chi connectivity index (χ4v) is 3.64. The van der Waals surface area contributed by atoms with Crippen molar-refractivity contribution in [2.75, 3.05) is 13.1 Å². The Bertz CT molecular complexity index is 713. The van der Waals surface area contributed by atoms with Crippen LogP contribution in [0.3, 0.4) is 0 Å². The molecule has 0 aromatic heterocycles. The molecule has 1 N–H and O–H groups in total. The Kier molecular flexibility index (Phi) is 4.91. The minimum Gasteiger partial charge on any atom is -0.481 e. The van der Waals surface area contributed by atoms with E-state index < -0.39 is 16.8 Å². The second kappa shape index (κ2) is 6.59. The van der Waals surface area contributed by atoms with Gasteiger partial charge in [-0.05, 0) is 44.7 Å². The number of aryl methyl sites for hydroxylation is 2. The Morgan fingerprint density at radius 1 is 1.25 bits per heavy atom. The first kappa shape index (κ1) is 17.9. The summed E-state index contributed by atoms with van der Waals surface area (Å²) >= 11 is 0. The summed E-state index contributed by atoms with van der Waals surface area (Å²) in [6.07, 6.45) is 0.533. The number of carbonyl (C=O) groups is 2. The number of nitro groups is 1.